The lowest BCUT2D eigenvalue weighted by Crippen LogP contribution is -2.05. The lowest BCUT2D eigenvalue weighted by molar-refractivity contribution is 0.0533. The molecule has 0 aliphatic heterocycles. The zero-order chi connectivity index (χ0) is 15.6. The fourth-order valence-electron chi connectivity index (χ4n) is 2.28. The molecule has 3 nitrogen and oxygen atoms in total. The molecular formula is C16H18BrNO2S. The Bertz CT molecular complexity index is 659. The fourth-order valence-corrected chi connectivity index (χ4v) is 4.08. The standard InChI is InChI=1S/C16H18BrNO2S/c1-4-12-13(18)15(16(19)20-5-2)21-14(12)10-6-9(3)7-11(17)8-10/h6-8H,4-5,18H2,1-3H3. The summed E-state index contributed by atoms with van der Waals surface area (Å²) in [5.74, 6) is -0.340. The zero-order valence-corrected chi connectivity index (χ0v) is 14.7. The summed E-state index contributed by atoms with van der Waals surface area (Å²) in [6.45, 7) is 6.23. The highest BCUT2D eigenvalue weighted by atomic mass is 79.9. The predicted molar refractivity (Wildman–Crippen MR) is 91.9 cm³/mol. The Morgan fingerprint density at radius 1 is 1.33 bits per heavy atom. The minimum atomic E-state index is -0.340. The van der Waals surface area contributed by atoms with Gasteiger partial charge in [-0.15, -0.1) is 11.3 Å². The van der Waals surface area contributed by atoms with Crippen LogP contribution >= 0.6 is 27.3 Å². The molecule has 0 atom stereocenters. The SMILES string of the molecule is CCOC(=O)c1sc(-c2cc(C)cc(Br)c2)c(CC)c1N. The Morgan fingerprint density at radius 2 is 2.05 bits per heavy atom. The number of hydrogen-bond acceptors (Lipinski definition) is 4. The van der Waals surface area contributed by atoms with Crippen LogP contribution in [0.3, 0.4) is 0 Å². The van der Waals surface area contributed by atoms with E-state index in [0.717, 1.165) is 32.5 Å². The maximum atomic E-state index is 12.0. The van der Waals surface area contributed by atoms with Crippen molar-refractivity contribution < 1.29 is 9.53 Å². The number of rotatable bonds is 4. The van der Waals surface area contributed by atoms with Gasteiger partial charge in [-0.05, 0) is 49.1 Å². The summed E-state index contributed by atoms with van der Waals surface area (Å²) in [5.41, 5.74) is 9.95. The number of hydrogen-bond donors (Lipinski definition) is 1. The number of esters is 1. The molecule has 1 heterocycles. The molecule has 0 aliphatic rings. The van der Waals surface area contributed by atoms with Crippen LogP contribution in [-0.2, 0) is 11.2 Å². The molecule has 0 amide bonds. The quantitative estimate of drug-likeness (QED) is 0.788. The predicted octanol–water partition coefficient (Wildman–Crippen LogP) is 4.81. The lowest BCUT2D eigenvalue weighted by Gasteiger charge is -2.05. The van der Waals surface area contributed by atoms with Gasteiger partial charge in [0.15, 0.2) is 0 Å². The number of nitrogens with two attached hydrogens (primary N) is 1. The van der Waals surface area contributed by atoms with Crippen LogP contribution in [0.4, 0.5) is 5.69 Å². The third-order valence-electron chi connectivity index (χ3n) is 3.17. The Kier molecular flexibility index (Phi) is 5.06. The second-order valence-electron chi connectivity index (χ2n) is 4.74. The van der Waals surface area contributed by atoms with Crippen molar-refractivity contribution in [3.63, 3.8) is 0 Å². The largest absolute Gasteiger partial charge is 0.462 e. The van der Waals surface area contributed by atoms with E-state index in [2.05, 4.69) is 28.1 Å². The summed E-state index contributed by atoms with van der Waals surface area (Å²) in [6.07, 6.45) is 0.780. The highest BCUT2D eigenvalue weighted by Crippen LogP contribution is 2.40. The monoisotopic (exact) mass is 367 g/mol. The number of thiophene rings is 1. The Labute approximate surface area is 137 Å². The number of nitrogen functional groups attached to an aromatic ring is 1. The fraction of sp³-hybridized carbons (Fsp3) is 0.312. The molecule has 0 aliphatic carbocycles. The molecular weight excluding hydrogens is 350 g/mol. The Balaban J connectivity index is 2.58. The van der Waals surface area contributed by atoms with Crippen molar-refractivity contribution in [3.05, 3.63) is 38.7 Å². The van der Waals surface area contributed by atoms with Crippen LogP contribution in [0.1, 0.15) is 34.6 Å². The van der Waals surface area contributed by atoms with Crippen molar-refractivity contribution in [2.45, 2.75) is 27.2 Å². The van der Waals surface area contributed by atoms with Gasteiger partial charge in [-0.3, -0.25) is 0 Å². The van der Waals surface area contributed by atoms with Gasteiger partial charge < -0.3 is 10.5 Å². The number of ether oxygens (including phenoxy) is 1. The van der Waals surface area contributed by atoms with Crippen molar-refractivity contribution in [1.82, 2.24) is 0 Å². The van der Waals surface area contributed by atoms with E-state index in [1.54, 1.807) is 6.92 Å². The van der Waals surface area contributed by atoms with Crippen LogP contribution in [0, 0.1) is 6.92 Å². The van der Waals surface area contributed by atoms with Crippen molar-refractivity contribution in [3.8, 4) is 10.4 Å². The molecule has 2 N–H and O–H groups in total. The van der Waals surface area contributed by atoms with Crippen LogP contribution in [0.25, 0.3) is 10.4 Å². The number of benzene rings is 1. The summed E-state index contributed by atoms with van der Waals surface area (Å²) in [6, 6.07) is 6.20. The van der Waals surface area contributed by atoms with Crippen LogP contribution in [0.5, 0.6) is 0 Å². The molecule has 0 bridgehead atoms. The first-order valence-electron chi connectivity index (χ1n) is 6.83. The molecule has 2 aromatic rings. The van der Waals surface area contributed by atoms with Gasteiger partial charge in [0.05, 0.1) is 12.3 Å². The second kappa shape index (κ2) is 6.62. The molecule has 0 fully saturated rings. The van der Waals surface area contributed by atoms with E-state index in [1.165, 1.54) is 11.3 Å². The van der Waals surface area contributed by atoms with E-state index >= 15 is 0 Å². The molecule has 21 heavy (non-hydrogen) atoms. The lowest BCUT2D eigenvalue weighted by atomic mass is 10.0. The van der Waals surface area contributed by atoms with Crippen molar-refractivity contribution in [2.75, 3.05) is 12.3 Å². The van der Waals surface area contributed by atoms with E-state index in [1.807, 2.05) is 19.9 Å². The summed E-state index contributed by atoms with van der Waals surface area (Å²) in [4.78, 5) is 13.6. The molecule has 0 saturated carbocycles. The molecule has 0 spiro atoms. The van der Waals surface area contributed by atoms with Gasteiger partial charge in [0.2, 0.25) is 0 Å². The first-order chi connectivity index (χ1) is 9.97. The van der Waals surface area contributed by atoms with E-state index in [-0.39, 0.29) is 5.97 Å². The molecule has 5 heteroatoms. The van der Waals surface area contributed by atoms with E-state index < -0.39 is 0 Å². The second-order valence-corrected chi connectivity index (χ2v) is 6.68. The number of aryl methyl sites for hydroxylation is 1. The number of carbonyl (C=O) groups is 1. The van der Waals surface area contributed by atoms with Crippen molar-refractivity contribution in [2.24, 2.45) is 0 Å². The maximum Gasteiger partial charge on any atom is 0.350 e. The topological polar surface area (TPSA) is 52.3 Å². The maximum absolute atomic E-state index is 12.0. The van der Waals surface area contributed by atoms with Gasteiger partial charge in [0, 0.05) is 9.35 Å². The molecule has 1 aromatic carbocycles. The average Bonchev–Trinajstić information content (AvgIpc) is 2.75. The first kappa shape index (κ1) is 16.0. The average molecular weight is 368 g/mol. The minimum Gasteiger partial charge on any atom is -0.462 e. The molecule has 1 aromatic heterocycles. The van der Waals surface area contributed by atoms with Crippen molar-refractivity contribution >= 4 is 38.9 Å². The number of anilines is 1. The molecule has 2 rings (SSSR count). The summed E-state index contributed by atoms with van der Waals surface area (Å²) in [5, 5.41) is 0. The number of carbonyl (C=O) groups excluding carboxylic acids is 1. The first-order valence-corrected chi connectivity index (χ1v) is 8.44. The van der Waals surface area contributed by atoms with Crippen LogP contribution < -0.4 is 5.73 Å². The highest BCUT2D eigenvalue weighted by molar-refractivity contribution is 9.10. The normalized spacial score (nSPS) is 10.7. The van der Waals surface area contributed by atoms with Crippen LogP contribution in [0.2, 0.25) is 0 Å². The Hall–Kier alpha value is -1.33. The van der Waals surface area contributed by atoms with E-state index in [4.69, 9.17) is 10.5 Å². The van der Waals surface area contributed by atoms with E-state index in [9.17, 15) is 4.79 Å². The highest BCUT2D eigenvalue weighted by Gasteiger charge is 2.22. The zero-order valence-electron chi connectivity index (χ0n) is 12.3. The summed E-state index contributed by atoms with van der Waals surface area (Å²) < 4.78 is 6.10. The van der Waals surface area contributed by atoms with Crippen LogP contribution in [0.15, 0.2) is 22.7 Å². The molecule has 0 radical (unpaired) electrons. The van der Waals surface area contributed by atoms with Gasteiger partial charge in [0.25, 0.3) is 0 Å². The van der Waals surface area contributed by atoms with Gasteiger partial charge >= 0.3 is 5.97 Å². The molecule has 0 saturated heterocycles. The third-order valence-corrected chi connectivity index (χ3v) is 4.90. The van der Waals surface area contributed by atoms with Crippen molar-refractivity contribution in [1.29, 1.82) is 0 Å². The van der Waals surface area contributed by atoms with Gasteiger partial charge in [-0.1, -0.05) is 28.9 Å². The molecule has 0 unspecified atom stereocenters. The molecule has 112 valence electrons. The summed E-state index contributed by atoms with van der Waals surface area (Å²) >= 11 is 4.93. The Morgan fingerprint density at radius 3 is 2.62 bits per heavy atom. The third kappa shape index (κ3) is 3.30. The van der Waals surface area contributed by atoms with Gasteiger partial charge in [-0.25, -0.2) is 4.79 Å². The summed E-state index contributed by atoms with van der Waals surface area (Å²) in [7, 11) is 0. The van der Waals surface area contributed by atoms with Crippen LogP contribution in [-0.4, -0.2) is 12.6 Å². The van der Waals surface area contributed by atoms with Gasteiger partial charge in [0.1, 0.15) is 4.88 Å². The van der Waals surface area contributed by atoms with E-state index in [0.29, 0.717) is 17.2 Å². The minimum absolute atomic E-state index is 0.340. The van der Waals surface area contributed by atoms with Gasteiger partial charge in [-0.2, -0.15) is 0 Å². The smallest absolute Gasteiger partial charge is 0.350 e. The number of halogens is 1.